The van der Waals surface area contributed by atoms with Gasteiger partial charge in [0.1, 0.15) is 0 Å². The van der Waals surface area contributed by atoms with Gasteiger partial charge in [-0.05, 0) is 43.6 Å². The molecule has 118 valence electrons. The van der Waals surface area contributed by atoms with Crippen molar-refractivity contribution in [2.24, 2.45) is 11.3 Å². The van der Waals surface area contributed by atoms with Gasteiger partial charge in [-0.3, -0.25) is 9.59 Å². The zero-order chi connectivity index (χ0) is 15.5. The van der Waals surface area contributed by atoms with Crippen LogP contribution in [0.15, 0.2) is 12.7 Å². The number of likely N-dealkylation sites (tertiary alicyclic amines) is 2. The molecule has 4 heteroatoms. The molecule has 0 saturated carbocycles. The Morgan fingerprint density at radius 1 is 1.24 bits per heavy atom. The quantitative estimate of drug-likeness (QED) is 0.750. The third-order valence-electron chi connectivity index (χ3n) is 5.28. The zero-order valence-electron chi connectivity index (χ0n) is 13.4. The second-order valence-corrected chi connectivity index (χ2v) is 6.83. The predicted molar refractivity (Wildman–Crippen MR) is 83.7 cm³/mol. The first-order valence-corrected chi connectivity index (χ1v) is 8.19. The summed E-state index contributed by atoms with van der Waals surface area (Å²) in [6.45, 7) is 11.2. The van der Waals surface area contributed by atoms with Crippen molar-refractivity contribution in [3.05, 3.63) is 12.7 Å². The van der Waals surface area contributed by atoms with E-state index in [0.29, 0.717) is 19.0 Å². The van der Waals surface area contributed by atoms with Crippen molar-refractivity contribution >= 4 is 11.8 Å². The van der Waals surface area contributed by atoms with Crippen molar-refractivity contribution in [2.45, 2.75) is 46.0 Å². The molecule has 0 aliphatic carbocycles. The van der Waals surface area contributed by atoms with Crippen LogP contribution in [0.5, 0.6) is 0 Å². The minimum atomic E-state index is -0.0163. The van der Waals surface area contributed by atoms with Crippen LogP contribution in [0.2, 0.25) is 0 Å². The lowest BCUT2D eigenvalue weighted by Gasteiger charge is -2.42. The molecule has 0 radical (unpaired) electrons. The number of piperidine rings is 2. The summed E-state index contributed by atoms with van der Waals surface area (Å²) < 4.78 is 0. The summed E-state index contributed by atoms with van der Waals surface area (Å²) in [6.07, 6.45) is 6.40. The fourth-order valence-corrected chi connectivity index (χ4v) is 3.53. The van der Waals surface area contributed by atoms with Crippen LogP contribution in [0.3, 0.4) is 0 Å². The zero-order valence-corrected chi connectivity index (χ0v) is 13.4. The van der Waals surface area contributed by atoms with Crippen molar-refractivity contribution in [3.63, 3.8) is 0 Å². The van der Waals surface area contributed by atoms with E-state index in [0.717, 1.165) is 38.8 Å². The molecule has 0 aromatic rings. The molecule has 0 N–H and O–H groups in total. The maximum Gasteiger partial charge on any atom is 0.245 e. The molecule has 2 saturated heterocycles. The summed E-state index contributed by atoms with van der Waals surface area (Å²) in [5, 5.41) is 0. The summed E-state index contributed by atoms with van der Waals surface area (Å²) in [5.41, 5.74) is 0.285. The predicted octanol–water partition coefficient (Wildman–Crippen LogP) is 2.45. The van der Waals surface area contributed by atoms with Gasteiger partial charge in [0, 0.05) is 32.1 Å². The third-order valence-corrected chi connectivity index (χ3v) is 5.28. The van der Waals surface area contributed by atoms with E-state index in [9.17, 15) is 9.59 Å². The first-order chi connectivity index (χ1) is 9.99. The molecule has 1 atom stereocenters. The Labute approximate surface area is 128 Å². The molecule has 2 amide bonds. The van der Waals surface area contributed by atoms with Gasteiger partial charge in [-0.1, -0.05) is 20.4 Å². The van der Waals surface area contributed by atoms with Gasteiger partial charge in [-0.25, -0.2) is 0 Å². The number of rotatable bonds is 3. The van der Waals surface area contributed by atoms with Crippen LogP contribution in [0.4, 0.5) is 0 Å². The molecular formula is C17H28N2O2. The van der Waals surface area contributed by atoms with Crippen molar-refractivity contribution in [2.75, 3.05) is 26.2 Å². The lowest BCUT2D eigenvalue weighted by molar-refractivity contribution is -0.142. The van der Waals surface area contributed by atoms with Crippen LogP contribution < -0.4 is 0 Å². The molecule has 0 aromatic heterocycles. The van der Waals surface area contributed by atoms with Crippen molar-refractivity contribution in [3.8, 4) is 0 Å². The maximum atomic E-state index is 12.7. The second kappa shape index (κ2) is 6.63. The highest BCUT2D eigenvalue weighted by Gasteiger charge is 2.35. The van der Waals surface area contributed by atoms with E-state index >= 15 is 0 Å². The van der Waals surface area contributed by atoms with Crippen LogP contribution in [0, 0.1) is 11.3 Å². The van der Waals surface area contributed by atoms with Gasteiger partial charge in [0.25, 0.3) is 0 Å². The highest BCUT2D eigenvalue weighted by molar-refractivity contribution is 5.87. The summed E-state index contributed by atoms with van der Waals surface area (Å²) in [4.78, 5) is 28.2. The van der Waals surface area contributed by atoms with Gasteiger partial charge in [-0.2, -0.15) is 0 Å². The number of hydrogen-bond acceptors (Lipinski definition) is 2. The molecule has 0 aromatic carbocycles. The van der Waals surface area contributed by atoms with E-state index in [1.165, 1.54) is 12.5 Å². The fraction of sp³-hybridized carbons (Fsp3) is 0.765. The molecular weight excluding hydrogens is 264 g/mol. The molecule has 0 bridgehead atoms. The Morgan fingerprint density at radius 2 is 1.90 bits per heavy atom. The van der Waals surface area contributed by atoms with Crippen LogP contribution in [0.25, 0.3) is 0 Å². The normalized spacial score (nSPS) is 27.5. The van der Waals surface area contributed by atoms with E-state index in [4.69, 9.17) is 0 Å². The van der Waals surface area contributed by atoms with Gasteiger partial charge in [-0.15, -0.1) is 0 Å². The number of carbonyl (C=O) groups excluding carboxylic acids is 2. The largest absolute Gasteiger partial charge is 0.342 e. The average Bonchev–Trinajstić information content (AvgIpc) is 2.53. The van der Waals surface area contributed by atoms with Gasteiger partial charge in [0.15, 0.2) is 0 Å². The Balaban J connectivity index is 1.90. The lowest BCUT2D eigenvalue weighted by Crippen LogP contribution is -2.49. The topological polar surface area (TPSA) is 40.6 Å². The number of amides is 2. The molecule has 2 heterocycles. The highest BCUT2D eigenvalue weighted by atomic mass is 16.2. The number of hydrogen-bond donors (Lipinski definition) is 0. The third kappa shape index (κ3) is 3.66. The highest BCUT2D eigenvalue weighted by Crippen LogP contribution is 2.33. The van der Waals surface area contributed by atoms with Crippen LogP contribution in [0.1, 0.15) is 46.0 Å². The van der Waals surface area contributed by atoms with Gasteiger partial charge >= 0.3 is 0 Å². The van der Waals surface area contributed by atoms with Crippen molar-refractivity contribution in [1.29, 1.82) is 0 Å². The van der Waals surface area contributed by atoms with Crippen molar-refractivity contribution in [1.82, 2.24) is 9.80 Å². The van der Waals surface area contributed by atoms with Gasteiger partial charge in [0.2, 0.25) is 11.8 Å². The van der Waals surface area contributed by atoms with Crippen molar-refractivity contribution < 1.29 is 9.59 Å². The molecule has 2 fully saturated rings. The van der Waals surface area contributed by atoms with Crippen LogP contribution in [-0.2, 0) is 9.59 Å². The Kier molecular flexibility index (Phi) is 5.07. The maximum absolute atomic E-state index is 12.7. The SMILES string of the molecule is C=CC(=O)N1CCC(C(=O)N2CCCC(C)(CC)C2)CC1. The van der Waals surface area contributed by atoms with E-state index in [-0.39, 0.29) is 17.2 Å². The van der Waals surface area contributed by atoms with E-state index in [1.807, 2.05) is 0 Å². The smallest absolute Gasteiger partial charge is 0.245 e. The minimum absolute atomic E-state index is 0.0163. The first-order valence-electron chi connectivity index (χ1n) is 8.19. The van der Waals surface area contributed by atoms with E-state index in [2.05, 4.69) is 25.3 Å². The Bertz CT molecular complexity index is 413. The Morgan fingerprint density at radius 3 is 2.48 bits per heavy atom. The van der Waals surface area contributed by atoms with Gasteiger partial charge < -0.3 is 9.80 Å². The van der Waals surface area contributed by atoms with Crippen LogP contribution >= 0.6 is 0 Å². The lowest BCUT2D eigenvalue weighted by atomic mass is 9.79. The summed E-state index contributed by atoms with van der Waals surface area (Å²) >= 11 is 0. The summed E-state index contributed by atoms with van der Waals surface area (Å²) in [7, 11) is 0. The molecule has 4 nitrogen and oxygen atoms in total. The second-order valence-electron chi connectivity index (χ2n) is 6.83. The molecule has 0 spiro atoms. The number of nitrogens with zero attached hydrogens (tertiary/aromatic N) is 2. The Hall–Kier alpha value is -1.32. The van der Waals surface area contributed by atoms with E-state index in [1.54, 1.807) is 4.90 Å². The fourth-order valence-electron chi connectivity index (χ4n) is 3.53. The minimum Gasteiger partial charge on any atom is -0.342 e. The number of carbonyl (C=O) groups is 2. The summed E-state index contributed by atoms with van der Waals surface area (Å²) in [5.74, 6) is 0.385. The average molecular weight is 292 g/mol. The molecule has 1 unspecified atom stereocenters. The standard InChI is InChI=1S/C17H28N2O2/c1-4-15(20)18-11-7-14(8-12-18)16(21)19-10-6-9-17(3,5-2)13-19/h4,14H,1,5-13H2,2-3H3. The molecule has 2 aliphatic heterocycles. The van der Waals surface area contributed by atoms with Crippen LogP contribution in [-0.4, -0.2) is 47.8 Å². The monoisotopic (exact) mass is 292 g/mol. The first kappa shape index (κ1) is 16.1. The van der Waals surface area contributed by atoms with E-state index < -0.39 is 0 Å². The molecule has 21 heavy (non-hydrogen) atoms. The van der Waals surface area contributed by atoms with Gasteiger partial charge in [0.05, 0.1) is 0 Å². The molecule has 2 rings (SSSR count). The summed E-state index contributed by atoms with van der Waals surface area (Å²) in [6, 6.07) is 0. The molecule has 2 aliphatic rings.